The van der Waals surface area contributed by atoms with Crippen LogP contribution in [0.2, 0.25) is 0 Å². The topological polar surface area (TPSA) is 76.5 Å². The van der Waals surface area contributed by atoms with E-state index in [1.165, 1.54) is 29.8 Å². The van der Waals surface area contributed by atoms with E-state index in [1.807, 2.05) is 18.2 Å². The first-order chi connectivity index (χ1) is 18.7. The van der Waals surface area contributed by atoms with Crippen LogP contribution in [0.15, 0.2) is 95.8 Å². The van der Waals surface area contributed by atoms with Crippen LogP contribution in [0.5, 0.6) is 0 Å². The summed E-state index contributed by atoms with van der Waals surface area (Å²) in [6.07, 6.45) is 5.04. The number of benzene rings is 3. The number of H-pyrrole nitrogens is 1. The van der Waals surface area contributed by atoms with Crippen LogP contribution in [0.3, 0.4) is 0 Å². The molecule has 0 spiro atoms. The lowest BCUT2D eigenvalue weighted by Gasteiger charge is -2.38. The summed E-state index contributed by atoms with van der Waals surface area (Å²) in [5, 5.41) is 14.5. The highest BCUT2D eigenvalue weighted by atomic mass is 15.5. The van der Waals surface area contributed by atoms with Gasteiger partial charge in [0.05, 0.1) is 12.4 Å². The monoisotopic (exact) mass is 502 g/mol. The van der Waals surface area contributed by atoms with Gasteiger partial charge in [0.1, 0.15) is 6.17 Å². The fourth-order valence-electron chi connectivity index (χ4n) is 5.41. The number of hydrogen-bond acceptors (Lipinski definition) is 7. The van der Waals surface area contributed by atoms with Crippen LogP contribution in [0.4, 0.5) is 5.69 Å². The Balaban J connectivity index is 1.16. The van der Waals surface area contributed by atoms with Gasteiger partial charge in [0.15, 0.2) is 11.7 Å². The molecule has 3 aromatic carbocycles. The van der Waals surface area contributed by atoms with Crippen LogP contribution in [-0.4, -0.2) is 55.6 Å². The van der Waals surface area contributed by atoms with E-state index in [9.17, 15) is 0 Å². The number of aromatic nitrogens is 4. The summed E-state index contributed by atoms with van der Waals surface area (Å²) in [6.45, 7) is 4.92. The zero-order valence-electron chi connectivity index (χ0n) is 21.4. The minimum Gasteiger partial charge on any atom is -0.341 e. The van der Waals surface area contributed by atoms with Crippen LogP contribution in [0.1, 0.15) is 25.3 Å². The van der Waals surface area contributed by atoms with Crippen LogP contribution >= 0.6 is 0 Å². The average molecular weight is 503 g/mol. The molecule has 1 unspecified atom stereocenters. The number of fused-ring (bicyclic) bond motifs is 1. The minimum absolute atomic E-state index is 0.0908. The van der Waals surface area contributed by atoms with Crippen LogP contribution in [0.25, 0.3) is 22.5 Å². The van der Waals surface area contributed by atoms with E-state index in [0.717, 1.165) is 48.2 Å². The van der Waals surface area contributed by atoms with Gasteiger partial charge in [0, 0.05) is 30.5 Å². The molecule has 8 nitrogen and oxygen atoms in total. The Morgan fingerprint density at radius 1 is 0.895 bits per heavy atom. The van der Waals surface area contributed by atoms with E-state index in [-0.39, 0.29) is 6.17 Å². The number of nitrogens with one attached hydrogen (secondary N) is 1. The highest BCUT2D eigenvalue weighted by molar-refractivity contribution is 6.01. The molecule has 0 saturated heterocycles. The predicted molar refractivity (Wildman–Crippen MR) is 149 cm³/mol. The Morgan fingerprint density at radius 2 is 1.66 bits per heavy atom. The van der Waals surface area contributed by atoms with Crippen molar-refractivity contribution in [3.8, 4) is 22.5 Å². The Morgan fingerprint density at radius 3 is 2.39 bits per heavy atom. The second-order valence-corrected chi connectivity index (χ2v) is 10.3. The summed E-state index contributed by atoms with van der Waals surface area (Å²) < 4.78 is 0. The van der Waals surface area contributed by atoms with Crippen molar-refractivity contribution in [1.82, 2.24) is 30.4 Å². The maximum Gasteiger partial charge on any atom is 0.180 e. The third-order valence-electron chi connectivity index (χ3n) is 7.61. The number of para-hydroxylation sites is 1. The van der Waals surface area contributed by atoms with Gasteiger partial charge in [-0.2, -0.15) is 0 Å². The maximum atomic E-state index is 5.13. The van der Waals surface area contributed by atoms with Gasteiger partial charge >= 0.3 is 0 Å². The lowest BCUT2D eigenvalue weighted by atomic mass is 9.98. The zero-order valence-corrected chi connectivity index (χ0v) is 21.4. The lowest BCUT2D eigenvalue weighted by molar-refractivity contribution is 0.293. The fourth-order valence-corrected chi connectivity index (χ4v) is 5.41. The Bertz CT molecular complexity index is 1470. The van der Waals surface area contributed by atoms with E-state index in [4.69, 9.17) is 4.99 Å². The van der Waals surface area contributed by atoms with Gasteiger partial charge in [-0.3, -0.25) is 0 Å². The standard InChI is InChI=1S/C30H30N8/c1-21-31-30-28(19-36(25-7-3-2-4-8-25)20-37(30)17-22-11-12-22)38(21)18-23-13-15-24(16-14-23)26-9-5-6-10-27(26)29-32-34-35-33-29/h2-10,13-16,19,21-22H,11-12,17-18,20H2,1H3,(H,32,33,34,35). The SMILES string of the molecule is CC1N=C2C(=CN(c3ccccc3)CN2CC2CC2)N1Cc1ccc(-c2ccccc2-c2nnn[nH]2)cc1. The van der Waals surface area contributed by atoms with Crippen molar-refractivity contribution in [2.75, 3.05) is 18.1 Å². The Kier molecular flexibility index (Phi) is 5.65. The minimum atomic E-state index is 0.0908. The molecule has 38 heavy (non-hydrogen) atoms. The molecule has 3 heterocycles. The van der Waals surface area contributed by atoms with E-state index >= 15 is 0 Å². The predicted octanol–water partition coefficient (Wildman–Crippen LogP) is 5.12. The number of amidine groups is 1. The van der Waals surface area contributed by atoms with E-state index in [2.05, 4.69) is 109 Å². The largest absolute Gasteiger partial charge is 0.341 e. The van der Waals surface area contributed by atoms with Crippen LogP contribution < -0.4 is 4.90 Å². The zero-order chi connectivity index (χ0) is 25.5. The fraction of sp³-hybridized carbons (Fsp3) is 0.267. The Labute approximate surface area is 222 Å². The summed E-state index contributed by atoms with van der Waals surface area (Å²) in [5.41, 5.74) is 6.89. The number of aromatic amines is 1. The molecule has 1 atom stereocenters. The smallest absolute Gasteiger partial charge is 0.180 e. The molecule has 2 aliphatic heterocycles. The first-order valence-electron chi connectivity index (χ1n) is 13.3. The van der Waals surface area contributed by atoms with Gasteiger partial charge in [-0.25, -0.2) is 10.1 Å². The van der Waals surface area contributed by atoms with Gasteiger partial charge in [-0.1, -0.05) is 66.7 Å². The molecule has 1 aromatic heterocycles. The first-order valence-corrected chi connectivity index (χ1v) is 13.3. The van der Waals surface area contributed by atoms with Crippen molar-refractivity contribution in [2.45, 2.75) is 32.5 Å². The van der Waals surface area contributed by atoms with Gasteiger partial charge < -0.3 is 14.7 Å². The molecule has 190 valence electrons. The maximum absolute atomic E-state index is 5.13. The lowest BCUT2D eigenvalue weighted by Crippen LogP contribution is -2.46. The molecule has 8 heteroatoms. The van der Waals surface area contributed by atoms with Gasteiger partial charge in [0.25, 0.3) is 0 Å². The Hall–Kier alpha value is -4.46. The quantitative estimate of drug-likeness (QED) is 0.378. The summed E-state index contributed by atoms with van der Waals surface area (Å²) in [6, 6.07) is 27.7. The van der Waals surface area contributed by atoms with E-state index in [1.54, 1.807) is 0 Å². The van der Waals surface area contributed by atoms with Crippen molar-refractivity contribution >= 4 is 11.5 Å². The molecule has 1 saturated carbocycles. The first kappa shape index (κ1) is 22.7. The number of aliphatic imine (C=N–C) groups is 1. The number of rotatable bonds is 7. The highest BCUT2D eigenvalue weighted by Gasteiger charge is 2.37. The average Bonchev–Trinajstić information content (AvgIpc) is 3.49. The normalized spacial score (nSPS) is 18.9. The van der Waals surface area contributed by atoms with Crippen LogP contribution in [0, 0.1) is 5.92 Å². The van der Waals surface area contributed by atoms with Crippen molar-refractivity contribution in [1.29, 1.82) is 0 Å². The number of tetrazole rings is 1. The second kappa shape index (κ2) is 9.45. The summed E-state index contributed by atoms with van der Waals surface area (Å²) >= 11 is 0. The summed E-state index contributed by atoms with van der Waals surface area (Å²) in [4.78, 5) is 12.4. The summed E-state index contributed by atoms with van der Waals surface area (Å²) in [7, 11) is 0. The van der Waals surface area contributed by atoms with Gasteiger partial charge in [-0.15, -0.1) is 5.10 Å². The second-order valence-electron chi connectivity index (χ2n) is 10.3. The molecular weight excluding hydrogens is 472 g/mol. The third kappa shape index (κ3) is 4.32. The van der Waals surface area contributed by atoms with Crippen molar-refractivity contribution in [3.05, 3.63) is 96.3 Å². The van der Waals surface area contributed by atoms with E-state index in [0.29, 0.717) is 5.82 Å². The van der Waals surface area contributed by atoms with E-state index < -0.39 is 0 Å². The van der Waals surface area contributed by atoms with Crippen molar-refractivity contribution < 1.29 is 0 Å². The molecule has 0 radical (unpaired) electrons. The number of anilines is 1. The molecule has 0 amide bonds. The van der Waals surface area contributed by atoms with Crippen molar-refractivity contribution in [3.63, 3.8) is 0 Å². The highest BCUT2D eigenvalue weighted by Crippen LogP contribution is 2.36. The molecule has 1 N–H and O–H groups in total. The summed E-state index contributed by atoms with van der Waals surface area (Å²) in [5.74, 6) is 2.60. The third-order valence-corrected chi connectivity index (χ3v) is 7.61. The van der Waals surface area contributed by atoms with Crippen molar-refractivity contribution in [2.24, 2.45) is 10.9 Å². The molecule has 3 aliphatic rings. The molecule has 1 fully saturated rings. The number of hydrogen-bond donors (Lipinski definition) is 1. The van der Waals surface area contributed by atoms with Crippen LogP contribution in [-0.2, 0) is 6.54 Å². The molecule has 4 aromatic rings. The molecule has 0 bridgehead atoms. The molecular formula is C30H30N8. The molecule has 7 rings (SSSR count). The van der Waals surface area contributed by atoms with Gasteiger partial charge in [-0.05, 0) is 64.9 Å². The number of nitrogens with zero attached hydrogens (tertiary/aromatic N) is 7. The molecule has 1 aliphatic carbocycles. The van der Waals surface area contributed by atoms with Gasteiger partial charge in [0.2, 0.25) is 0 Å².